The number of benzene rings is 1. The number of carboxylic acids is 1. The molecule has 1 fully saturated rings. The lowest BCUT2D eigenvalue weighted by Gasteiger charge is -2.21. The Kier molecular flexibility index (Phi) is 9.63. The number of amides is 1. The molecule has 7 heteroatoms. The van der Waals surface area contributed by atoms with Crippen molar-refractivity contribution in [2.24, 2.45) is 5.92 Å². The fraction of sp³-hybridized carbons (Fsp3) is 0.400. The van der Waals surface area contributed by atoms with Crippen LogP contribution in [0, 0.1) is 5.92 Å². The van der Waals surface area contributed by atoms with Gasteiger partial charge in [-0.25, -0.2) is 4.98 Å². The second-order valence-corrected chi connectivity index (χ2v) is 9.66. The number of rotatable bonds is 12. The van der Waals surface area contributed by atoms with E-state index in [0.29, 0.717) is 18.9 Å². The molecule has 1 saturated carbocycles. The van der Waals surface area contributed by atoms with Crippen LogP contribution in [0.3, 0.4) is 0 Å². The lowest BCUT2D eigenvalue weighted by atomic mass is 9.86. The van der Waals surface area contributed by atoms with Crippen molar-refractivity contribution >= 4 is 17.4 Å². The number of carbonyl (C=O) groups excluding carboxylic acids is 1. The van der Waals surface area contributed by atoms with Crippen molar-refractivity contribution < 1.29 is 19.1 Å². The molecule has 2 heterocycles. The van der Waals surface area contributed by atoms with Gasteiger partial charge >= 0.3 is 5.97 Å². The quantitative estimate of drug-likeness (QED) is 0.274. The van der Waals surface area contributed by atoms with E-state index in [1.807, 2.05) is 42.5 Å². The smallest absolute Gasteiger partial charge is 0.303 e. The highest BCUT2D eigenvalue weighted by Crippen LogP contribution is 2.28. The largest absolute Gasteiger partial charge is 0.481 e. The number of pyridine rings is 1. The molecule has 2 N–H and O–H groups in total. The molecule has 4 rings (SSSR count). The van der Waals surface area contributed by atoms with Gasteiger partial charge in [0, 0.05) is 36.5 Å². The zero-order valence-electron chi connectivity index (χ0n) is 21.2. The SMILES string of the molecule is O=C(O)CCC=C(c1ccc(-c2nc(C(=O)NCCCCC3CCCCC3)co2)cc1)c1cccnc1. The van der Waals surface area contributed by atoms with Crippen molar-refractivity contribution in [1.29, 1.82) is 0 Å². The molecule has 0 saturated heterocycles. The molecule has 0 bridgehead atoms. The number of nitrogens with one attached hydrogen (secondary N) is 1. The summed E-state index contributed by atoms with van der Waals surface area (Å²) in [5.41, 5.74) is 3.79. The van der Waals surface area contributed by atoms with E-state index in [0.717, 1.165) is 41.0 Å². The van der Waals surface area contributed by atoms with Crippen LogP contribution in [0.1, 0.15) is 85.8 Å². The van der Waals surface area contributed by atoms with E-state index in [4.69, 9.17) is 9.52 Å². The van der Waals surface area contributed by atoms with E-state index < -0.39 is 5.97 Å². The first-order valence-corrected chi connectivity index (χ1v) is 13.3. The van der Waals surface area contributed by atoms with Crippen LogP contribution in [-0.2, 0) is 4.79 Å². The Bertz CT molecular complexity index is 1180. The molecule has 194 valence electrons. The summed E-state index contributed by atoms with van der Waals surface area (Å²) < 4.78 is 5.59. The van der Waals surface area contributed by atoms with E-state index in [1.54, 1.807) is 12.4 Å². The summed E-state index contributed by atoms with van der Waals surface area (Å²) in [6, 6.07) is 11.4. The van der Waals surface area contributed by atoms with Crippen LogP contribution in [0.2, 0.25) is 0 Å². The van der Waals surface area contributed by atoms with Gasteiger partial charge in [0.15, 0.2) is 5.69 Å². The third kappa shape index (κ3) is 7.87. The predicted molar refractivity (Wildman–Crippen MR) is 143 cm³/mol. The molecule has 0 aliphatic heterocycles. The molecule has 3 aromatic rings. The maximum atomic E-state index is 12.5. The van der Waals surface area contributed by atoms with Gasteiger partial charge in [-0.1, -0.05) is 69.2 Å². The molecule has 1 aromatic carbocycles. The molecule has 0 unspecified atom stereocenters. The van der Waals surface area contributed by atoms with E-state index in [9.17, 15) is 9.59 Å². The molecule has 0 atom stereocenters. The predicted octanol–water partition coefficient (Wildman–Crippen LogP) is 6.51. The van der Waals surface area contributed by atoms with Crippen molar-refractivity contribution in [3.05, 3.63) is 78.0 Å². The number of aliphatic carboxylic acids is 1. The highest BCUT2D eigenvalue weighted by molar-refractivity contribution is 5.92. The lowest BCUT2D eigenvalue weighted by molar-refractivity contribution is -0.136. The van der Waals surface area contributed by atoms with Gasteiger partial charge in [0.05, 0.1) is 0 Å². The Hall–Kier alpha value is -3.74. The van der Waals surface area contributed by atoms with Crippen molar-refractivity contribution in [1.82, 2.24) is 15.3 Å². The molecule has 1 amide bonds. The van der Waals surface area contributed by atoms with Crippen LogP contribution in [0.25, 0.3) is 17.0 Å². The number of hydrogen-bond donors (Lipinski definition) is 2. The Morgan fingerprint density at radius 3 is 2.59 bits per heavy atom. The van der Waals surface area contributed by atoms with Crippen LogP contribution in [0.15, 0.2) is 65.5 Å². The molecule has 2 aromatic heterocycles. The first-order chi connectivity index (χ1) is 18.1. The van der Waals surface area contributed by atoms with Crippen LogP contribution < -0.4 is 5.32 Å². The third-order valence-electron chi connectivity index (χ3n) is 6.91. The Morgan fingerprint density at radius 1 is 1.05 bits per heavy atom. The van der Waals surface area contributed by atoms with Crippen LogP contribution in [-0.4, -0.2) is 33.5 Å². The highest BCUT2D eigenvalue weighted by Gasteiger charge is 2.15. The number of nitrogens with zero attached hydrogens (tertiary/aromatic N) is 2. The van der Waals surface area contributed by atoms with E-state index >= 15 is 0 Å². The van der Waals surface area contributed by atoms with E-state index in [2.05, 4.69) is 15.3 Å². The molecule has 1 aliphatic carbocycles. The van der Waals surface area contributed by atoms with Crippen molar-refractivity contribution in [2.45, 2.75) is 64.2 Å². The van der Waals surface area contributed by atoms with Crippen molar-refractivity contribution in [2.75, 3.05) is 6.54 Å². The molecule has 0 spiro atoms. The Labute approximate surface area is 218 Å². The summed E-state index contributed by atoms with van der Waals surface area (Å²) in [6.07, 6.45) is 17.5. The van der Waals surface area contributed by atoms with Gasteiger partial charge in [0.25, 0.3) is 5.91 Å². The fourth-order valence-corrected chi connectivity index (χ4v) is 4.89. The minimum Gasteiger partial charge on any atom is -0.481 e. The minimum atomic E-state index is -0.833. The summed E-state index contributed by atoms with van der Waals surface area (Å²) in [6.45, 7) is 0.647. The van der Waals surface area contributed by atoms with Crippen molar-refractivity contribution in [3.8, 4) is 11.5 Å². The average Bonchev–Trinajstić information content (AvgIpc) is 3.43. The van der Waals surface area contributed by atoms with Gasteiger partial charge in [-0.05, 0) is 48.1 Å². The molecule has 37 heavy (non-hydrogen) atoms. The fourth-order valence-electron chi connectivity index (χ4n) is 4.89. The second-order valence-electron chi connectivity index (χ2n) is 9.66. The number of unbranched alkanes of at least 4 members (excludes halogenated alkanes) is 1. The van der Waals surface area contributed by atoms with Gasteiger partial charge in [-0.3, -0.25) is 14.6 Å². The van der Waals surface area contributed by atoms with Crippen LogP contribution in [0.5, 0.6) is 0 Å². The van der Waals surface area contributed by atoms with Gasteiger partial charge in [-0.15, -0.1) is 0 Å². The zero-order chi connectivity index (χ0) is 25.9. The molecule has 7 nitrogen and oxygen atoms in total. The van der Waals surface area contributed by atoms with E-state index in [1.165, 1.54) is 44.8 Å². The molecular weight excluding hydrogens is 466 g/mol. The molecule has 1 aliphatic rings. The standard InChI is InChI=1S/C30H35N3O4/c34-28(35)13-6-12-26(25-11-7-18-31-20-25)23-14-16-24(17-15-23)30-33-27(21-37-30)29(36)32-19-5-4-10-22-8-2-1-3-9-22/h7,11-12,14-18,20-22H,1-6,8-10,13,19H2,(H,32,36)(H,34,35). The normalized spacial score (nSPS) is 14.4. The first-order valence-electron chi connectivity index (χ1n) is 13.3. The number of aromatic nitrogens is 2. The maximum Gasteiger partial charge on any atom is 0.303 e. The minimum absolute atomic E-state index is 0.0590. The monoisotopic (exact) mass is 501 g/mol. The highest BCUT2D eigenvalue weighted by atomic mass is 16.4. The Morgan fingerprint density at radius 2 is 1.86 bits per heavy atom. The molecular formula is C30H35N3O4. The number of carboxylic acid groups (broad SMARTS) is 1. The summed E-state index contributed by atoms with van der Waals surface area (Å²) in [4.78, 5) is 32.1. The van der Waals surface area contributed by atoms with Crippen LogP contribution in [0.4, 0.5) is 0 Å². The summed E-state index contributed by atoms with van der Waals surface area (Å²) in [5.74, 6) is 0.200. The zero-order valence-corrected chi connectivity index (χ0v) is 21.2. The second kappa shape index (κ2) is 13.5. The Balaban J connectivity index is 1.33. The average molecular weight is 502 g/mol. The topological polar surface area (TPSA) is 105 Å². The maximum absolute atomic E-state index is 12.5. The number of hydrogen-bond acceptors (Lipinski definition) is 5. The van der Waals surface area contributed by atoms with E-state index in [-0.39, 0.29) is 18.0 Å². The van der Waals surface area contributed by atoms with Gasteiger partial charge in [-0.2, -0.15) is 0 Å². The van der Waals surface area contributed by atoms with Gasteiger partial charge < -0.3 is 14.8 Å². The number of allylic oxidation sites excluding steroid dienone is 1. The molecule has 0 radical (unpaired) electrons. The summed E-state index contributed by atoms with van der Waals surface area (Å²) in [7, 11) is 0. The number of oxazole rings is 1. The summed E-state index contributed by atoms with van der Waals surface area (Å²) >= 11 is 0. The first kappa shape index (κ1) is 26.3. The van der Waals surface area contributed by atoms with Gasteiger partial charge in [0.1, 0.15) is 6.26 Å². The summed E-state index contributed by atoms with van der Waals surface area (Å²) in [5, 5.41) is 12.0. The van der Waals surface area contributed by atoms with Crippen LogP contribution >= 0.6 is 0 Å². The van der Waals surface area contributed by atoms with Crippen molar-refractivity contribution in [3.63, 3.8) is 0 Å². The lowest BCUT2D eigenvalue weighted by Crippen LogP contribution is -2.24. The number of carbonyl (C=O) groups is 2. The third-order valence-corrected chi connectivity index (χ3v) is 6.91. The van der Waals surface area contributed by atoms with Gasteiger partial charge in [0.2, 0.25) is 5.89 Å².